The highest BCUT2D eigenvalue weighted by molar-refractivity contribution is 5.77. The van der Waals surface area contributed by atoms with Crippen LogP contribution in [-0.4, -0.2) is 17.3 Å². The number of para-hydroxylation sites is 2. The van der Waals surface area contributed by atoms with E-state index in [0.29, 0.717) is 17.3 Å². The second-order valence-corrected chi connectivity index (χ2v) is 4.56. The van der Waals surface area contributed by atoms with E-state index in [4.69, 9.17) is 15.2 Å². The van der Waals surface area contributed by atoms with Gasteiger partial charge in [-0.15, -0.1) is 0 Å². The van der Waals surface area contributed by atoms with E-state index in [2.05, 4.69) is 5.32 Å². The molecular weight excluding hydrogens is 270 g/mol. The van der Waals surface area contributed by atoms with E-state index in [1.54, 1.807) is 17.6 Å². The second-order valence-electron chi connectivity index (χ2n) is 4.56. The van der Waals surface area contributed by atoms with Gasteiger partial charge in [-0.25, -0.2) is 4.79 Å². The lowest BCUT2D eigenvalue weighted by Crippen LogP contribution is -2.13. The summed E-state index contributed by atoms with van der Waals surface area (Å²) in [6, 6.07) is 9.25. The van der Waals surface area contributed by atoms with Gasteiger partial charge in [-0.2, -0.15) is 0 Å². The summed E-state index contributed by atoms with van der Waals surface area (Å²) in [7, 11) is 1.81. The molecule has 0 unspecified atom stereocenters. The number of nitrogen functional groups attached to an aromatic ring is 1. The fraction of sp³-hybridized carbons (Fsp3) is 0.267. The molecule has 0 aliphatic carbocycles. The summed E-state index contributed by atoms with van der Waals surface area (Å²) in [5.74, 6) is 0.384. The molecule has 112 valence electrons. The van der Waals surface area contributed by atoms with Crippen molar-refractivity contribution in [2.45, 2.75) is 13.8 Å². The first-order valence-corrected chi connectivity index (χ1v) is 6.65. The van der Waals surface area contributed by atoms with Crippen LogP contribution in [0.1, 0.15) is 12.6 Å². The van der Waals surface area contributed by atoms with E-state index in [1.807, 2.05) is 38.2 Å². The zero-order valence-electron chi connectivity index (χ0n) is 12.3. The summed E-state index contributed by atoms with van der Waals surface area (Å²) < 4.78 is 11.8. The van der Waals surface area contributed by atoms with Gasteiger partial charge >= 0.3 is 6.16 Å². The van der Waals surface area contributed by atoms with Crippen LogP contribution in [-0.2, 0) is 11.8 Å². The van der Waals surface area contributed by atoms with Crippen molar-refractivity contribution < 1.29 is 14.3 Å². The average Bonchev–Trinajstić information content (AvgIpc) is 2.69. The van der Waals surface area contributed by atoms with Gasteiger partial charge < -0.3 is 25.1 Å². The number of rotatable bonds is 4. The zero-order chi connectivity index (χ0) is 15.4. The Bertz CT molecular complexity index is 650. The van der Waals surface area contributed by atoms with Gasteiger partial charge in [-0.1, -0.05) is 12.1 Å². The molecule has 1 heterocycles. The largest absolute Gasteiger partial charge is 0.515 e. The number of carbonyl (C=O) groups is 1. The number of carbonyl (C=O) groups excluding carboxylic acids is 1. The first kappa shape index (κ1) is 14.8. The Morgan fingerprint density at radius 1 is 1.33 bits per heavy atom. The average molecular weight is 289 g/mol. The topological polar surface area (TPSA) is 78.5 Å². The van der Waals surface area contributed by atoms with Crippen LogP contribution in [0.5, 0.6) is 5.88 Å². The molecule has 0 aliphatic heterocycles. The number of nitrogens with two attached hydrogens (primary N) is 1. The molecule has 0 atom stereocenters. The number of nitrogens with one attached hydrogen (secondary N) is 1. The molecule has 0 spiro atoms. The van der Waals surface area contributed by atoms with Gasteiger partial charge in [0.2, 0.25) is 5.88 Å². The van der Waals surface area contributed by atoms with Gasteiger partial charge in [0.05, 0.1) is 18.0 Å². The second kappa shape index (κ2) is 6.21. The highest BCUT2D eigenvalue weighted by Crippen LogP contribution is 2.32. The molecule has 1 aromatic heterocycles. The van der Waals surface area contributed by atoms with Crippen molar-refractivity contribution in [1.29, 1.82) is 0 Å². The van der Waals surface area contributed by atoms with Crippen molar-refractivity contribution >= 4 is 23.2 Å². The molecule has 0 fully saturated rings. The minimum atomic E-state index is -0.734. The molecule has 21 heavy (non-hydrogen) atoms. The number of hydrogen-bond acceptors (Lipinski definition) is 5. The summed E-state index contributed by atoms with van der Waals surface area (Å²) in [6.07, 6.45) is -0.734. The van der Waals surface area contributed by atoms with Crippen LogP contribution in [0.15, 0.2) is 30.3 Å². The molecule has 0 saturated heterocycles. The SMILES string of the molecule is CCOC(=O)Oc1c(Nc2ccccc2N)cc(C)n1C. The van der Waals surface area contributed by atoms with Gasteiger partial charge in [-0.3, -0.25) is 0 Å². The van der Waals surface area contributed by atoms with E-state index in [1.165, 1.54) is 0 Å². The molecule has 6 nitrogen and oxygen atoms in total. The van der Waals surface area contributed by atoms with E-state index < -0.39 is 6.16 Å². The zero-order valence-corrected chi connectivity index (χ0v) is 12.3. The van der Waals surface area contributed by atoms with Gasteiger partial charge in [0, 0.05) is 12.7 Å². The lowest BCUT2D eigenvalue weighted by Gasteiger charge is -2.11. The van der Waals surface area contributed by atoms with Gasteiger partial charge in [0.15, 0.2) is 0 Å². The fourth-order valence-corrected chi connectivity index (χ4v) is 1.90. The van der Waals surface area contributed by atoms with Crippen molar-refractivity contribution in [2.24, 2.45) is 7.05 Å². The van der Waals surface area contributed by atoms with Crippen molar-refractivity contribution in [2.75, 3.05) is 17.7 Å². The van der Waals surface area contributed by atoms with Crippen LogP contribution >= 0.6 is 0 Å². The van der Waals surface area contributed by atoms with E-state index in [9.17, 15) is 4.79 Å². The molecule has 6 heteroatoms. The van der Waals surface area contributed by atoms with Crippen molar-refractivity contribution in [3.8, 4) is 5.88 Å². The number of hydrogen-bond donors (Lipinski definition) is 2. The normalized spacial score (nSPS) is 10.2. The van der Waals surface area contributed by atoms with E-state index >= 15 is 0 Å². The van der Waals surface area contributed by atoms with Crippen LogP contribution in [0.25, 0.3) is 0 Å². The summed E-state index contributed by atoms with van der Waals surface area (Å²) in [6.45, 7) is 3.90. The highest BCUT2D eigenvalue weighted by atomic mass is 16.7. The molecule has 0 saturated carbocycles. The maximum Gasteiger partial charge on any atom is 0.515 e. The smallest absolute Gasteiger partial charge is 0.434 e. The Labute approximate surface area is 123 Å². The Kier molecular flexibility index (Phi) is 4.37. The van der Waals surface area contributed by atoms with Crippen LogP contribution in [0.2, 0.25) is 0 Å². The Balaban J connectivity index is 2.29. The summed E-state index contributed by atoms with van der Waals surface area (Å²) in [5.41, 5.74) is 8.86. The van der Waals surface area contributed by atoms with Crippen LogP contribution in [0.3, 0.4) is 0 Å². The molecule has 2 rings (SSSR count). The Hall–Kier alpha value is -2.63. The van der Waals surface area contributed by atoms with Crippen molar-refractivity contribution in [1.82, 2.24) is 4.57 Å². The van der Waals surface area contributed by atoms with E-state index in [0.717, 1.165) is 11.4 Å². The molecule has 0 bridgehead atoms. The molecule has 3 N–H and O–H groups in total. The van der Waals surface area contributed by atoms with Gasteiger partial charge in [0.1, 0.15) is 5.69 Å². The van der Waals surface area contributed by atoms with Gasteiger partial charge in [-0.05, 0) is 32.0 Å². The van der Waals surface area contributed by atoms with Crippen LogP contribution < -0.4 is 15.8 Å². The molecule has 0 radical (unpaired) electrons. The number of aryl methyl sites for hydroxylation is 1. The minimum Gasteiger partial charge on any atom is -0.434 e. The first-order valence-electron chi connectivity index (χ1n) is 6.65. The van der Waals surface area contributed by atoms with Crippen LogP contribution in [0, 0.1) is 6.92 Å². The number of anilines is 3. The Morgan fingerprint density at radius 3 is 2.71 bits per heavy atom. The number of ether oxygens (including phenoxy) is 2. The van der Waals surface area contributed by atoms with Crippen LogP contribution in [0.4, 0.5) is 21.9 Å². The van der Waals surface area contributed by atoms with E-state index in [-0.39, 0.29) is 6.61 Å². The maximum absolute atomic E-state index is 11.5. The van der Waals surface area contributed by atoms with Crippen molar-refractivity contribution in [3.63, 3.8) is 0 Å². The third-order valence-electron chi connectivity index (χ3n) is 3.09. The Morgan fingerprint density at radius 2 is 2.05 bits per heavy atom. The third-order valence-corrected chi connectivity index (χ3v) is 3.09. The molecule has 0 aliphatic rings. The lowest BCUT2D eigenvalue weighted by molar-refractivity contribution is 0.102. The highest BCUT2D eigenvalue weighted by Gasteiger charge is 2.17. The maximum atomic E-state index is 11.5. The predicted molar refractivity (Wildman–Crippen MR) is 81.9 cm³/mol. The number of nitrogens with zero attached hydrogens (tertiary/aromatic N) is 1. The first-order chi connectivity index (χ1) is 10.0. The molecule has 1 aromatic carbocycles. The molecule has 2 aromatic rings. The quantitative estimate of drug-likeness (QED) is 0.667. The van der Waals surface area contributed by atoms with Gasteiger partial charge in [0.25, 0.3) is 0 Å². The molecular formula is C15H19N3O3. The summed E-state index contributed by atoms with van der Waals surface area (Å²) in [5, 5.41) is 3.17. The number of benzene rings is 1. The third kappa shape index (κ3) is 3.28. The lowest BCUT2D eigenvalue weighted by atomic mass is 10.2. The standard InChI is InChI=1S/C15H19N3O3/c1-4-20-15(19)21-14-13(9-10(2)18(14)3)17-12-8-6-5-7-11(12)16/h5-9,17H,4,16H2,1-3H3. The molecule has 0 amide bonds. The monoisotopic (exact) mass is 289 g/mol. The summed E-state index contributed by atoms with van der Waals surface area (Å²) >= 11 is 0. The fourth-order valence-electron chi connectivity index (χ4n) is 1.90. The minimum absolute atomic E-state index is 0.261. The predicted octanol–water partition coefficient (Wildman–Crippen LogP) is 3.19. The number of aromatic nitrogens is 1. The van der Waals surface area contributed by atoms with Crippen molar-refractivity contribution in [3.05, 3.63) is 36.0 Å². The summed E-state index contributed by atoms with van der Waals surface area (Å²) in [4.78, 5) is 11.5.